The molecule has 0 saturated carbocycles. The molecule has 0 aromatic heterocycles. The van der Waals surface area contributed by atoms with Crippen molar-refractivity contribution < 1.29 is 4.74 Å². The van der Waals surface area contributed by atoms with E-state index >= 15 is 0 Å². The van der Waals surface area contributed by atoms with Gasteiger partial charge in [0.15, 0.2) is 0 Å². The minimum absolute atomic E-state index is 0.412. The molecular weight excluding hydrogens is 66.0 g/mol. The Morgan fingerprint density at radius 3 is 2.60 bits per heavy atom. The Morgan fingerprint density at radius 2 is 2.60 bits per heavy atom. The second kappa shape index (κ2) is 0.954. The van der Waals surface area contributed by atoms with Crippen LogP contribution in [0.1, 0.15) is 0 Å². The molecule has 0 aromatic rings. The van der Waals surface area contributed by atoms with Crippen LogP contribution in [0, 0.1) is 0 Å². The average molecular weight is 73.1 g/mol. The van der Waals surface area contributed by atoms with Gasteiger partial charge in [-0.15, -0.1) is 0 Å². The molecule has 0 spiro atoms. The summed E-state index contributed by atoms with van der Waals surface area (Å²) >= 11 is 0. The van der Waals surface area contributed by atoms with Gasteiger partial charge in [0.05, 0.1) is 12.7 Å². The molecule has 30 valence electrons. The van der Waals surface area contributed by atoms with Crippen molar-refractivity contribution in [2.24, 2.45) is 5.73 Å². The van der Waals surface area contributed by atoms with Crippen molar-refractivity contribution in [2.45, 2.75) is 6.10 Å². The zero-order valence-electron chi connectivity index (χ0n) is 2.98. The molecule has 2 heteroatoms. The lowest BCUT2D eigenvalue weighted by Crippen LogP contribution is -2.05. The maximum atomic E-state index is 5.11. The van der Waals surface area contributed by atoms with Crippen LogP contribution in [0.3, 0.4) is 0 Å². The van der Waals surface area contributed by atoms with Crippen LogP contribution in [0.15, 0.2) is 0 Å². The van der Waals surface area contributed by atoms with Gasteiger partial charge >= 0.3 is 0 Å². The molecular formula is C3H7NO. The molecule has 2 N–H and O–H groups in total. The molecule has 0 bridgehead atoms. The van der Waals surface area contributed by atoms with Crippen molar-refractivity contribution in [3.05, 3.63) is 0 Å². The Balaban J connectivity index is 2.00. The third-order valence-corrected chi connectivity index (χ3v) is 0.665. The predicted octanol–water partition coefficient (Wildman–Crippen LogP) is -0.656. The lowest BCUT2D eigenvalue weighted by atomic mass is 10.5. The zero-order chi connectivity index (χ0) is 3.70. The molecule has 1 heterocycles. The van der Waals surface area contributed by atoms with Crippen molar-refractivity contribution in [1.82, 2.24) is 0 Å². The highest BCUT2D eigenvalue weighted by atomic mass is 16.6. The van der Waals surface area contributed by atoms with Crippen LogP contribution in [0.2, 0.25) is 0 Å². The van der Waals surface area contributed by atoms with E-state index in [2.05, 4.69) is 0 Å². The normalized spacial score (nSPS) is 34.2. The van der Waals surface area contributed by atoms with Crippen molar-refractivity contribution in [3.8, 4) is 0 Å². The number of hydrogen-bond acceptors (Lipinski definition) is 2. The summed E-state index contributed by atoms with van der Waals surface area (Å²) in [5.41, 5.74) is 5.11. The summed E-state index contributed by atoms with van der Waals surface area (Å²) in [6.07, 6.45) is 0.412. The number of ether oxygens (including phenoxy) is 1. The summed E-state index contributed by atoms with van der Waals surface area (Å²) in [6, 6.07) is 0. The van der Waals surface area contributed by atoms with E-state index in [9.17, 15) is 0 Å². The van der Waals surface area contributed by atoms with Gasteiger partial charge in [0, 0.05) is 6.54 Å². The van der Waals surface area contributed by atoms with Crippen LogP contribution in [-0.2, 0) is 4.74 Å². The van der Waals surface area contributed by atoms with Gasteiger partial charge in [-0.1, -0.05) is 0 Å². The minimum Gasteiger partial charge on any atom is -0.372 e. The molecule has 1 aliphatic rings. The van der Waals surface area contributed by atoms with Gasteiger partial charge in [0.2, 0.25) is 0 Å². The number of hydrogen-bond donors (Lipinski definition) is 1. The van der Waals surface area contributed by atoms with E-state index in [1.165, 1.54) is 0 Å². The van der Waals surface area contributed by atoms with Crippen LogP contribution in [0.25, 0.3) is 0 Å². The standard InChI is InChI=1S/C3H7NO/c4-1-3-2-5-3/h3H,1-2,4H2/t3-/m0/s1. The lowest BCUT2D eigenvalue weighted by molar-refractivity contribution is 0.412. The minimum atomic E-state index is 0.412. The molecule has 1 atom stereocenters. The summed E-state index contributed by atoms with van der Waals surface area (Å²) < 4.78 is 4.73. The fourth-order valence-electron chi connectivity index (χ4n) is 0.204. The van der Waals surface area contributed by atoms with Crippen molar-refractivity contribution in [1.29, 1.82) is 0 Å². The maximum absolute atomic E-state index is 5.11. The summed E-state index contributed by atoms with van der Waals surface area (Å²) in [5.74, 6) is 0. The van der Waals surface area contributed by atoms with Crippen molar-refractivity contribution >= 4 is 0 Å². The van der Waals surface area contributed by atoms with E-state index in [0.717, 1.165) is 6.61 Å². The van der Waals surface area contributed by atoms with Gasteiger partial charge in [-0.05, 0) is 0 Å². The quantitative estimate of drug-likeness (QED) is 0.419. The van der Waals surface area contributed by atoms with E-state index in [1.807, 2.05) is 0 Å². The third kappa shape index (κ3) is 0.597. The molecule has 0 radical (unpaired) electrons. The van der Waals surface area contributed by atoms with Crippen molar-refractivity contribution in [3.63, 3.8) is 0 Å². The number of epoxide rings is 1. The molecule has 0 aromatic carbocycles. The van der Waals surface area contributed by atoms with Gasteiger partial charge in [-0.3, -0.25) is 0 Å². The maximum Gasteiger partial charge on any atom is 0.0931 e. The highest BCUT2D eigenvalue weighted by molar-refractivity contribution is 4.67. The second-order valence-corrected chi connectivity index (χ2v) is 1.19. The first-order valence-electron chi connectivity index (χ1n) is 1.75. The molecule has 1 rings (SSSR count). The Morgan fingerprint density at radius 1 is 2.00 bits per heavy atom. The Labute approximate surface area is 30.9 Å². The smallest absolute Gasteiger partial charge is 0.0931 e. The molecule has 0 unspecified atom stereocenters. The SMILES string of the molecule is NC[C@H]1CO1. The lowest BCUT2D eigenvalue weighted by Gasteiger charge is -1.71. The van der Waals surface area contributed by atoms with Crippen LogP contribution in [0.5, 0.6) is 0 Å². The van der Waals surface area contributed by atoms with E-state index in [4.69, 9.17) is 10.5 Å². The predicted molar refractivity (Wildman–Crippen MR) is 18.8 cm³/mol. The number of rotatable bonds is 1. The van der Waals surface area contributed by atoms with E-state index in [0.29, 0.717) is 12.6 Å². The Bertz CT molecular complexity index is 33.9. The zero-order valence-corrected chi connectivity index (χ0v) is 2.98. The largest absolute Gasteiger partial charge is 0.372 e. The summed E-state index contributed by atoms with van der Waals surface area (Å²) in [7, 11) is 0. The van der Waals surface area contributed by atoms with Crippen molar-refractivity contribution in [2.75, 3.05) is 13.2 Å². The highest BCUT2D eigenvalue weighted by Crippen LogP contribution is 2.03. The molecule has 2 nitrogen and oxygen atoms in total. The van der Waals surface area contributed by atoms with Crippen LogP contribution < -0.4 is 5.73 Å². The van der Waals surface area contributed by atoms with Crippen LogP contribution >= 0.6 is 0 Å². The summed E-state index contributed by atoms with van der Waals surface area (Å²) in [5, 5.41) is 0. The Hall–Kier alpha value is -0.0800. The molecule has 0 amide bonds. The fraction of sp³-hybridized carbons (Fsp3) is 1.00. The van der Waals surface area contributed by atoms with Crippen LogP contribution in [0.4, 0.5) is 0 Å². The molecule has 5 heavy (non-hydrogen) atoms. The molecule has 1 aliphatic heterocycles. The van der Waals surface area contributed by atoms with E-state index < -0.39 is 0 Å². The third-order valence-electron chi connectivity index (χ3n) is 0.665. The molecule has 0 aliphatic carbocycles. The first-order valence-corrected chi connectivity index (χ1v) is 1.75. The molecule has 1 saturated heterocycles. The van der Waals surface area contributed by atoms with Gasteiger partial charge in [0.25, 0.3) is 0 Å². The second-order valence-electron chi connectivity index (χ2n) is 1.19. The van der Waals surface area contributed by atoms with Crippen LogP contribution in [-0.4, -0.2) is 19.3 Å². The van der Waals surface area contributed by atoms with Gasteiger partial charge in [-0.2, -0.15) is 0 Å². The van der Waals surface area contributed by atoms with Gasteiger partial charge in [-0.25, -0.2) is 0 Å². The Kier molecular flexibility index (Phi) is 0.596. The topological polar surface area (TPSA) is 38.5 Å². The molecule has 1 fully saturated rings. The monoisotopic (exact) mass is 73.1 g/mol. The summed E-state index contributed by atoms with van der Waals surface area (Å²) in [4.78, 5) is 0. The van der Waals surface area contributed by atoms with E-state index in [-0.39, 0.29) is 0 Å². The van der Waals surface area contributed by atoms with Gasteiger partial charge < -0.3 is 10.5 Å². The highest BCUT2D eigenvalue weighted by Gasteiger charge is 2.18. The van der Waals surface area contributed by atoms with Gasteiger partial charge in [0.1, 0.15) is 0 Å². The summed E-state index contributed by atoms with van der Waals surface area (Å²) in [6.45, 7) is 1.58. The fourth-order valence-corrected chi connectivity index (χ4v) is 0.204. The first kappa shape index (κ1) is 3.12. The average Bonchev–Trinajstić information content (AvgIpc) is 2.12. The number of nitrogens with two attached hydrogens (primary N) is 1. The first-order chi connectivity index (χ1) is 2.43. The van der Waals surface area contributed by atoms with E-state index in [1.54, 1.807) is 0 Å².